The lowest BCUT2D eigenvalue weighted by Crippen LogP contribution is -2.29. The lowest BCUT2D eigenvalue weighted by molar-refractivity contribution is -0.145. The van der Waals surface area contributed by atoms with Crippen LogP contribution in [-0.2, 0) is 11.2 Å². The van der Waals surface area contributed by atoms with Gasteiger partial charge in [-0.05, 0) is 54.8 Å². The molecule has 0 amide bonds. The van der Waals surface area contributed by atoms with E-state index < -0.39 is 12.1 Å². The van der Waals surface area contributed by atoms with E-state index in [0.717, 1.165) is 21.2 Å². The van der Waals surface area contributed by atoms with E-state index in [2.05, 4.69) is 15.9 Å². The van der Waals surface area contributed by atoms with E-state index in [9.17, 15) is 9.90 Å². The Morgan fingerprint density at radius 2 is 1.81 bits per heavy atom. The zero-order valence-corrected chi connectivity index (χ0v) is 13.6. The molecule has 0 fully saturated rings. The Labute approximate surface area is 132 Å². The van der Waals surface area contributed by atoms with Crippen molar-refractivity contribution in [1.29, 1.82) is 0 Å². The van der Waals surface area contributed by atoms with Crippen LogP contribution in [0.5, 0.6) is 5.75 Å². The number of ether oxygens (including phenoxy) is 1. The molecule has 0 saturated heterocycles. The molecule has 0 heterocycles. The van der Waals surface area contributed by atoms with Gasteiger partial charge in [-0.3, -0.25) is 0 Å². The van der Waals surface area contributed by atoms with Crippen molar-refractivity contribution in [1.82, 2.24) is 0 Å². The minimum atomic E-state index is -0.962. The van der Waals surface area contributed by atoms with Crippen LogP contribution in [0.1, 0.15) is 16.7 Å². The summed E-state index contributed by atoms with van der Waals surface area (Å²) in [6.07, 6.45) is -0.566. The number of carbonyl (C=O) groups is 1. The zero-order valence-electron chi connectivity index (χ0n) is 12.0. The molecule has 21 heavy (non-hydrogen) atoms. The van der Waals surface area contributed by atoms with E-state index >= 15 is 0 Å². The molecular formula is C17H17BrO3. The van der Waals surface area contributed by atoms with Gasteiger partial charge < -0.3 is 9.84 Å². The summed E-state index contributed by atoms with van der Waals surface area (Å²) in [5.74, 6) is -0.376. The molecule has 0 radical (unpaired) electrons. The van der Waals surface area contributed by atoms with E-state index in [1.165, 1.54) is 0 Å². The van der Waals surface area contributed by atoms with Gasteiger partial charge >= 0.3 is 5.97 Å². The lowest BCUT2D eigenvalue weighted by atomic mass is 10.1. The van der Waals surface area contributed by atoms with Gasteiger partial charge in [0, 0.05) is 10.9 Å². The maximum absolute atomic E-state index is 11.4. The van der Waals surface area contributed by atoms with Crippen molar-refractivity contribution in [2.75, 3.05) is 0 Å². The van der Waals surface area contributed by atoms with Gasteiger partial charge in [-0.15, -0.1) is 0 Å². The highest BCUT2D eigenvalue weighted by molar-refractivity contribution is 9.10. The Bertz CT molecular complexity index is 635. The summed E-state index contributed by atoms with van der Waals surface area (Å²) in [7, 11) is 0. The Balaban J connectivity index is 2.13. The van der Waals surface area contributed by atoms with Gasteiger partial charge in [0.15, 0.2) is 6.10 Å². The molecule has 0 spiro atoms. The van der Waals surface area contributed by atoms with Crippen LogP contribution in [0.3, 0.4) is 0 Å². The summed E-state index contributed by atoms with van der Waals surface area (Å²) in [6.45, 7) is 3.99. The fourth-order valence-corrected chi connectivity index (χ4v) is 2.23. The maximum Gasteiger partial charge on any atom is 0.345 e. The van der Waals surface area contributed by atoms with E-state index in [1.54, 1.807) is 6.07 Å². The van der Waals surface area contributed by atoms with Crippen LogP contribution < -0.4 is 4.74 Å². The SMILES string of the molecule is Cc1ccc(O[C@@H](Cc2ccc(Br)cc2)C(=O)O)cc1C. The molecule has 2 aromatic rings. The third-order valence-electron chi connectivity index (χ3n) is 3.37. The van der Waals surface area contributed by atoms with Crippen molar-refractivity contribution < 1.29 is 14.6 Å². The van der Waals surface area contributed by atoms with Crippen LogP contribution in [0.4, 0.5) is 0 Å². The second kappa shape index (κ2) is 6.76. The Morgan fingerprint density at radius 3 is 2.38 bits per heavy atom. The van der Waals surface area contributed by atoms with Crippen LogP contribution in [0.2, 0.25) is 0 Å². The first-order chi connectivity index (χ1) is 9.95. The van der Waals surface area contributed by atoms with E-state index in [1.807, 2.05) is 50.2 Å². The van der Waals surface area contributed by atoms with Crippen molar-refractivity contribution >= 4 is 21.9 Å². The van der Waals surface area contributed by atoms with Crippen molar-refractivity contribution in [3.05, 3.63) is 63.6 Å². The van der Waals surface area contributed by atoms with Gasteiger partial charge in [0.25, 0.3) is 0 Å². The van der Waals surface area contributed by atoms with Gasteiger partial charge in [-0.25, -0.2) is 4.79 Å². The monoisotopic (exact) mass is 348 g/mol. The lowest BCUT2D eigenvalue weighted by Gasteiger charge is -2.16. The first-order valence-corrected chi connectivity index (χ1v) is 7.46. The summed E-state index contributed by atoms with van der Waals surface area (Å²) >= 11 is 3.36. The van der Waals surface area contributed by atoms with Crippen LogP contribution in [0.25, 0.3) is 0 Å². The van der Waals surface area contributed by atoms with Gasteiger partial charge in [-0.1, -0.05) is 34.1 Å². The third-order valence-corrected chi connectivity index (χ3v) is 3.90. The summed E-state index contributed by atoms with van der Waals surface area (Å²) in [4.78, 5) is 11.4. The van der Waals surface area contributed by atoms with Gasteiger partial charge in [0.05, 0.1) is 0 Å². The molecule has 1 atom stereocenters. The smallest absolute Gasteiger partial charge is 0.345 e. The highest BCUT2D eigenvalue weighted by atomic mass is 79.9. The number of aliphatic carboxylic acids is 1. The van der Waals surface area contributed by atoms with Crippen LogP contribution in [0, 0.1) is 13.8 Å². The Hall–Kier alpha value is -1.81. The van der Waals surface area contributed by atoms with Gasteiger partial charge in [0.2, 0.25) is 0 Å². The molecular weight excluding hydrogens is 332 g/mol. The first kappa shape index (κ1) is 15.6. The molecule has 0 aliphatic carbocycles. The molecule has 4 heteroatoms. The molecule has 3 nitrogen and oxygen atoms in total. The number of aryl methyl sites for hydroxylation is 2. The highest BCUT2D eigenvalue weighted by Crippen LogP contribution is 2.20. The molecule has 2 aromatic carbocycles. The molecule has 0 bridgehead atoms. The van der Waals surface area contributed by atoms with E-state index in [-0.39, 0.29) is 0 Å². The molecule has 0 saturated carbocycles. The molecule has 0 aliphatic rings. The average molecular weight is 349 g/mol. The number of benzene rings is 2. The molecule has 1 N–H and O–H groups in total. The first-order valence-electron chi connectivity index (χ1n) is 6.67. The standard InChI is InChI=1S/C17H17BrO3/c1-11-3-8-15(9-12(11)2)21-16(17(19)20)10-13-4-6-14(18)7-5-13/h3-9,16H,10H2,1-2H3,(H,19,20)/t16-/m0/s1. The second-order valence-electron chi connectivity index (χ2n) is 5.02. The topological polar surface area (TPSA) is 46.5 Å². The summed E-state index contributed by atoms with van der Waals surface area (Å²) in [6, 6.07) is 13.2. The van der Waals surface area contributed by atoms with Crippen molar-refractivity contribution in [2.24, 2.45) is 0 Å². The maximum atomic E-state index is 11.4. The van der Waals surface area contributed by atoms with E-state index in [0.29, 0.717) is 12.2 Å². The number of rotatable bonds is 5. The molecule has 0 aromatic heterocycles. The molecule has 2 rings (SSSR count). The zero-order chi connectivity index (χ0) is 15.4. The summed E-state index contributed by atoms with van der Waals surface area (Å²) in [5.41, 5.74) is 3.16. The number of halogens is 1. The minimum Gasteiger partial charge on any atom is -0.478 e. The highest BCUT2D eigenvalue weighted by Gasteiger charge is 2.20. The van der Waals surface area contributed by atoms with E-state index in [4.69, 9.17) is 4.74 Å². The average Bonchev–Trinajstić information content (AvgIpc) is 2.44. The van der Waals surface area contributed by atoms with Crippen LogP contribution in [-0.4, -0.2) is 17.2 Å². The Kier molecular flexibility index (Phi) is 5.02. The molecule has 0 aliphatic heterocycles. The summed E-state index contributed by atoms with van der Waals surface area (Å²) < 4.78 is 6.60. The fourth-order valence-electron chi connectivity index (χ4n) is 1.97. The minimum absolute atomic E-state index is 0.329. The van der Waals surface area contributed by atoms with Crippen molar-refractivity contribution in [2.45, 2.75) is 26.4 Å². The van der Waals surface area contributed by atoms with Crippen LogP contribution >= 0.6 is 15.9 Å². The van der Waals surface area contributed by atoms with Gasteiger partial charge in [0.1, 0.15) is 5.75 Å². The van der Waals surface area contributed by atoms with Crippen molar-refractivity contribution in [3.63, 3.8) is 0 Å². The number of hydrogen-bond donors (Lipinski definition) is 1. The van der Waals surface area contributed by atoms with Crippen LogP contribution in [0.15, 0.2) is 46.9 Å². The third kappa shape index (κ3) is 4.33. The normalized spacial score (nSPS) is 12.0. The fraction of sp³-hybridized carbons (Fsp3) is 0.235. The molecule has 0 unspecified atom stereocenters. The Morgan fingerprint density at radius 1 is 1.14 bits per heavy atom. The van der Waals surface area contributed by atoms with Gasteiger partial charge in [-0.2, -0.15) is 0 Å². The number of hydrogen-bond acceptors (Lipinski definition) is 2. The quantitative estimate of drug-likeness (QED) is 0.883. The van der Waals surface area contributed by atoms with Crippen molar-refractivity contribution in [3.8, 4) is 5.75 Å². The summed E-state index contributed by atoms with van der Waals surface area (Å²) in [5, 5.41) is 9.34. The largest absolute Gasteiger partial charge is 0.478 e. The molecule has 110 valence electrons. The second-order valence-corrected chi connectivity index (χ2v) is 5.94. The predicted molar refractivity (Wildman–Crippen MR) is 85.8 cm³/mol. The number of carboxylic acid groups (broad SMARTS) is 1. The predicted octanol–water partition coefficient (Wildman–Crippen LogP) is 4.14. The number of carboxylic acids is 1.